The molecule has 3 nitrogen and oxygen atoms in total. The Bertz CT molecular complexity index is 9420. The van der Waals surface area contributed by atoms with Gasteiger partial charge in [0.1, 0.15) is 0 Å². The van der Waals surface area contributed by atoms with Gasteiger partial charge in [0.15, 0.2) is 0 Å². The predicted molar refractivity (Wildman–Crippen MR) is 628 cm³/mol. The van der Waals surface area contributed by atoms with Crippen LogP contribution in [0.5, 0.6) is 0 Å². The van der Waals surface area contributed by atoms with Gasteiger partial charge in [-0.2, -0.15) is 0 Å². The number of aryl methyl sites for hydroxylation is 1. The van der Waals surface area contributed by atoms with E-state index in [-0.39, 0.29) is 0 Å². The first kappa shape index (κ1) is 87.5. The molecule has 30 rings (SSSR count). The standard InChI is InChI=1S/2C48H37NSi.C46H31N/c1-50(2,3)45-24-14-13-23-44(45)49(34-16-5-4-6-17-34)35-27-30-37-33(31-35)26-29-41-40-28-25-32-15-7-8-18-36(32)46(40)48(47(37)41)42-21-11-9-19-38(42)39-20-10-12-22-43(39)48;1-50(2,3)37-26-23-35(24-27-37)49(34-14-5-4-6-15-34)36-25-30-39-33(31-36)22-29-43-42-28-21-32-13-7-8-16-38(32)46(42)48(47(39)43)44-19-11-9-17-40(44)41-18-10-12-20-45(41)48;1-30-12-11-16-34(28-30)47(33-14-3-2-4-15-33)35-24-27-37-32(29-35)23-26-41-40-25-22-31-13-5-6-17-36(31)44(40)46(45(37)41)42-20-9-7-18-38(42)39-19-8-10-21-43(39)46/h2*4-31H,1-3H3;2-29H,1H3. The highest BCUT2D eigenvalue weighted by Crippen LogP contribution is 2.70. The van der Waals surface area contributed by atoms with Crippen molar-refractivity contribution < 1.29 is 0 Å². The van der Waals surface area contributed by atoms with Crippen molar-refractivity contribution in [2.75, 3.05) is 14.7 Å². The molecule has 0 aromatic heterocycles. The zero-order chi connectivity index (χ0) is 98.3. The lowest BCUT2D eigenvalue weighted by molar-refractivity contribution is 0.809. The number of anilines is 9. The van der Waals surface area contributed by atoms with Gasteiger partial charge in [-0.1, -0.05) is 451 Å². The fraction of sp³-hybridized carbons (Fsp3) is 0.0704. The molecule has 0 saturated heterocycles. The van der Waals surface area contributed by atoms with Gasteiger partial charge in [0.25, 0.3) is 0 Å². The van der Waals surface area contributed by atoms with Crippen LogP contribution in [0.3, 0.4) is 0 Å². The van der Waals surface area contributed by atoms with E-state index < -0.39 is 32.4 Å². The Morgan fingerprint density at radius 2 is 0.408 bits per heavy atom. The van der Waals surface area contributed by atoms with Gasteiger partial charge in [0, 0.05) is 51.2 Å². The smallest absolute Gasteiger partial charge is 0.0803 e. The van der Waals surface area contributed by atoms with Crippen LogP contribution < -0.4 is 25.1 Å². The summed E-state index contributed by atoms with van der Waals surface area (Å²) in [4.78, 5) is 7.25. The van der Waals surface area contributed by atoms with Gasteiger partial charge in [0.2, 0.25) is 0 Å². The summed E-state index contributed by atoms with van der Waals surface area (Å²) in [7, 11) is -3.09. The van der Waals surface area contributed by atoms with Crippen molar-refractivity contribution in [3.8, 4) is 66.8 Å². The lowest BCUT2D eigenvalue weighted by Gasteiger charge is -2.33. The van der Waals surface area contributed by atoms with Crippen LogP contribution in [0, 0.1) is 6.92 Å². The number of hydrogen-bond acceptors (Lipinski definition) is 3. The number of rotatable bonds is 11. The van der Waals surface area contributed by atoms with Gasteiger partial charge in [-0.25, -0.2) is 0 Å². The van der Waals surface area contributed by atoms with Crippen molar-refractivity contribution in [3.05, 3.63) is 582 Å². The monoisotopic (exact) mass is 1910 g/mol. The second kappa shape index (κ2) is 33.6. The molecule has 0 heterocycles. The summed E-state index contributed by atoms with van der Waals surface area (Å²) >= 11 is 0. The van der Waals surface area contributed by atoms with Gasteiger partial charge in [-0.3, -0.25) is 0 Å². The maximum Gasteiger partial charge on any atom is 0.0803 e. The highest BCUT2D eigenvalue weighted by atomic mass is 28.3. The van der Waals surface area contributed by atoms with E-state index in [0.29, 0.717) is 0 Å². The van der Waals surface area contributed by atoms with Crippen LogP contribution in [0.1, 0.15) is 72.3 Å². The van der Waals surface area contributed by atoms with E-state index in [1.807, 2.05) is 0 Å². The number of nitrogens with zero attached hydrogens (tertiary/aromatic N) is 3. The molecule has 3 spiro atoms. The van der Waals surface area contributed by atoms with Crippen LogP contribution in [-0.2, 0) is 16.2 Å². The lowest BCUT2D eigenvalue weighted by Crippen LogP contribution is -2.40. The number of benzene rings is 24. The van der Waals surface area contributed by atoms with Crippen LogP contribution in [-0.4, -0.2) is 16.1 Å². The van der Waals surface area contributed by atoms with E-state index in [1.54, 1.807) is 0 Å². The van der Waals surface area contributed by atoms with Crippen LogP contribution in [0.4, 0.5) is 51.2 Å². The Kier molecular flexibility index (Phi) is 20.0. The number of fused-ring (bicyclic) bond motifs is 42. The maximum atomic E-state index is 2.47. The molecule has 0 amide bonds. The first-order valence-corrected chi connectivity index (χ1v) is 58.8. The van der Waals surface area contributed by atoms with E-state index in [9.17, 15) is 0 Å². The molecule has 0 fully saturated rings. The Balaban J connectivity index is 0.000000107. The molecular weight excluding hydrogens is 1800 g/mol. The molecule has 0 N–H and O–H groups in total. The predicted octanol–water partition coefficient (Wildman–Crippen LogP) is 36.8. The van der Waals surface area contributed by atoms with Crippen molar-refractivity contribution in [2.24, 2.45) is 0 Å². The third-order valence-electron chi connectivity index (χ3n) is 32.8. The Morgan fingerprint density at radius 1 is 0.163 bits per heavy atom. The topological polar surface area (TPSA) is 9.72 Å². The highest BCUT2D eigenvalue weighted by molar-refractivity contribution is 6.90. The van der Waals surface area contributed by atoms with Crippen molar-refractivity contribution in [1.29, 1.82) is 0 Å². The van der Waals surface area contributed by atoms with Crippen LogP contribution in [0.15, 0.2) is 510 Å². The van der Waals surface area contributed by atoms with Gasteiger partial charge >= 0.3 is 0 Å². The van der Waals surface area contributed by atoms with E-state index in [2.05, 4.69) is 570 Å². The minimum atomic E-state index is -1.66. The van der Waals surface area contributed by atoms with Gasteiger partial charge in [-0.05, 0) is 319 Å². The molecule has 147 heavy (non-hydrogen) atoms. The average Bonchev–Trinajstić information content (AvgIpc) is 1.50. The maximum absolute atomic E-state index is 2.47. The van der Waals surface area contributed by atoms with Crippen LogP contribution in [0.2, 0.25) is 39.3 Å². The minimum Gasteiger partial charge on any atom is -0.311 e. The number of para-hydroxylation sites is 4. The molecule has 24 aromatic carbocycles. The normalized spacial score (nSPS) is 13.6. The lowest BCUT2D eigenvalue weighted by atomic mass is 9.68. The van der Waals surface area contributed by atoms with Crippen molar-refractivity contribution in [1.82, 2.24) is 0 Å². The summed E-state index contributed by atoms with van der Waals surface area (Å²) in [5, 5.41) is 18.4. The molecule has 24 aromatic rings. The molecular formula is C142H105N3Si2. The summed E-state index contributed by atoms with van der Waals surface area (Å²) in [6, 6.07) is 191. The summed E-state index contributed by atoms with van der Waals surface area (Å²) in [5.74, 6) is 0. The second-order valence-electron chi connectivity index (χ2n) is 42.7. The Hall–Kier alpha value is -17.3. The summed E-state index contributed by atoms with van der Waals surface area (Å²) in [5.41, 5.74) is 43.2. The summed E-state index contributed by atoms with van der Waals surface area (Å²) < 4.78 is 0. The first-order valence-electron chi connectivity index (χ1n) is 51.8. The Morgan fingerprint density at radius 3 is 0.735 bits per heavy atom. The van der Waals surface area contributed by atoms with Crippen molar-refractivity contribution in [3.63, 3.8) is 0 Å². The SMILES string of the molecule is C[Si](C)(C)c1ccc(N(c2ccccc2)c2ccc3c4c(ccc3c2)-c2ccc3ccccc3c2C42c3ccccc3-c3ccccc32)cc1.C[Si](C)(C)c1ccccc1N(c1ccccc1)c1ccc2c3c(ccc2c1)-c1ccc2ccccc2c1C31c2ccccc2-c2ccccc21.Cc1cccc(N(c2ccccc2)c2ccc3c4c(ccc3c2)-c2ccc3ccccc3c2C42c3ccccc3-c3ccccc32)c1. The zero-order valence-electron chi connectivity index (χ0n) is 83.3. The fourth-order valence-electron chi connectivity index (χ4n) is 26.9. The molecule has 0 saturated carbocycles. The van der Waals surface area contributed by atoms with E-state index in [4.69, 9.17) is 0 Å². The largest absolute Gasteiger partial charge is 0.311 e. The molecule has 0 bridgehead atoms. The molecule has 5 heteroatoms. The van der Waals surface area contributed by atoms with Gasteiger partial charge in [0.05, 0.1) is 32.4 Å². The van der Waals surface area contributed by atoms with E-state index in [0.717, 1.165) is 28.4 Å². The van der Waals surface area contributed by atoms with Gasteiger partial charge < -0.3 is 14.7 Å². The number of hydrogen-bond donors (Lipinski definition) is 0. The molecule has 0 radical (unpaired) electrons. The van der Waals surface area contributed by atoms with E-state index >= 15 is 0 Å². The Labute approximate surface area is 861 Å². The second-order valence-corrected chi connectivity index (χ2v) is 52.9. The molecule has 6 aliphatic rings. The van der Waals surface area contributed by atoms with Crippen molar-refractivity contribution in [2.45, 2.75) is 62.5 Å². The molecule has 0 unspecified atom stereocenters. The fourth-order valence-corrected chi connectivity index (χ4v) is 29.6. The molecule has 0 atom stereocenters. The van der Waals surface area contributed by atoms with Gasteiger partial charge in [-0.15, -0.1) is 0 Å². The average molecular weight is 1910 g/mol. The van der Waals surface area contributed by atoms with E-state index in [1.165, 1.54) is 237 Å². The van der Waals surface area contributed by atoms with Crippen molar-refractivity contribution >= 4 is 142 Å². The first-order chi connectivity index (χ1) is 72.1. The minimum absolute atomic E-state index is 0.421. The quantitative estimate of drug-likeness (QED) is 0.120. The summed E-state index contributed by atoms with van der Waals surface area (Å²) in [6.45, 7) is 16.7. The highest BCUT2D eigenvalue weighted by Gasteiger charge is 2.57. The third-order valence-corrected chi connectivity index (χ3v) is 36.9. The third kappa shape index (κ3) is 13.1. The molecule has 6 aliphatic carbocycles. The molecule has 0 aliphatic heterocycles. The van der Waals surface area contributed by atoms with Crippen LogP contribution >= 0.6 is 0 Å². The van der Waals surface area contributed by atoms with Crippen LogP contribution in [0.25, 0.3) is 131 Å². The summed E-state index contributed by atoms with van der Waals surface area (Å²) in [6.07, 6.45) is 0. The molecule has 696 valence electrons. The zero-order valence-corrected chi connectivity index (χ0v) is 85.3.